The molecule has 1 saturated carbocycles. The van der Waals surface area contributed by atoms with E-state index in [0.29, 0.717) is 56.9 Å². The van der Waals surface area contributed by atoms with Gasteiger partial charge in [-0.15, -0.1) is 13.2 Å². The Balaban J connectivity index is 1.75. The summed E-state index contributed by atoms with van der Waals surface area (Å²) in [5.41, 5.74) is 2.54. The Labute approximate surface area is 372 Å². The summed E-state index contributed by atoms with van der Waals surface area (Å²) in [7, 11) is 0. The second kappa shape index (κ2) is 28.0. The van der Waals surface area contributed by atoms with Gasteiger partial charge < -0.3 is 39.3 Å². The highest BCUT2D eigenvalue weighted by molar-refractivity contribution is 6.03. The van der Waals surface area contributed by atoms with Crippen LogP contribution in [0.15, 0.2) is 60.3 Å². The van der Waals surface area contributed by atoms with E-state index in [1.807, 2.05) is 26.0 Å². The minimum atomic E-state index is -1.39. The lowest BCUT2D eigenvalue weighted by molar-refractivity contribution is -0.255. The summed E-state index contributed by atoms with van der Waals surface area (Å²) in [5, 5.41) is 27.5. The number of carbonyl (C=O) groups is 2. The van der Waals surface area contributed by atoms with Crippen LogP contribution in [-0.4, -0.2) is 91.0 Å². The number of oxime groups is 1. The van der Waals surface area contributed by atoms with Gasteiger partial charge in [0, 0.05) is 44.2 Å². The number of carbonyl (C=O) groups excluding carboxylic acids is 2. The Kier molecular flexibility index (Phi) is 23.0. The van der Waals surface area contributed by atoms with Crippen molar-refractivity contribution in [2.45, 2.75) is 161 Å². The van der Waals surface area contributed by atoms with Crippen LogP contribution in [0, 0.1) is 17.8 Å². The van der Waals surface area contributed by atoms with E-state index in [2.05, 4.69) is 31.5 Å². The summed E-state index contributed by atoms with van der Waals surface area (Å²) in [4.78, 5) is 34.9. The fourth-order valence-corrected chi connectivity index (χ4v) is 9.73. The van der Waals surface area contributed by atoms with Crippen molar-refractivity contribution >= 4 is 17.9 Å². The Morgan fingerprint density at radius 2 is 1.63 bits per heavy atom. The maximum atomic E-state index is 14.1. The van der Waals surface area contributed by atoms with E-state index >= 15 is 0 Å². The Morgan fingerprint density at radius 3 is 2.29 bits per heavy atom. The van der Waals surface area contributed by atoms with Gasteiger partial charge in [-0.3, -0.25) is 4.90 Å². The van der Waals surface area contributed by atoms with Crippen molar-refractivity contribution in [2.24, 2.45) is 22.9 Å². The summed E-state index contributed by atoms with van der Waals surface area (Å²) < 4.78 is 26.0. The number of hydrogen-bond acceptors (Lipinski definition) is 10. The molecule has 1 fully saturated rings. The molecule has 1 aromatic carbocycles. The van der Waals surface area contributed by atoms with Crippen molar-refractivity contribution in [3.05, 3.63) is 60.7 Å². The van der Waals surface area contributed by atoms with Crippen LogP contribution in [0.3, 0.4) is 0 Å². The number of nitrogens with zero attached hydrogens (tertiary/aromatic N) is 2. The summed E-state index contributed by atoms with van der Waals surface area (Å²) in [6.45, 7) is 15.8. The van der Waals surface area contributed by atoms with E-state index in [4.69, 9.17) is 28.9 Å². The zero-order chi connectivity index (χ0) is 44.6. The molecule has 4 rings (SSSR count). The lowest BCUT2D eigenvalue weighted by Gasteiger charge is -2.59. The van der Waals surface area contributed by atoms with Crippen LogP contribution in [0.4, 0.5) is 9.59 Å². The molecule has 12 heteroatoms. The molecule has 0 spiro atoms. The zero-order valence-electron chi connectivity index (χ0n) is 38.3. The molecular weight excluding hydrogens is 787 g/mol. The first-order chi connectivity index (χ1) is 30.3. The molecule has 6 atom stereocenters. The highest BCUT2D eigenvalue weighted by Gasteiger charge is 2.65. The van der Waals surface area contributed by atoms with E-state index in [1.54, 1.807) is 23.1 Å². The van der Waals surface area contributed by atoms with Crippen LogP contribution < -0.4 is 14.8 Å². The average Bonchev–Trinajstić information content (AvgIpc) is 3.27. The predicted molar refractivity (Wildman–Crippen MR) is 246 cm³/mol. The molecule has 2 aliphatic carbocycles. The zero-order valence-corrected chi connectivity index (χ0v) is 38.3. The van der Waals surface area contributed by atoms with E-state index in [0.717, 1.165) is 61.8 Å². The van der Waals surface area contributed by atoms with E-state index in [1.165, 1.54) is 44.9 Å². The Morgan fingerprint density at radius 1 is 0.919 bits per heavy atom. The molecule has 348 valence electrons. The molecule has 0 aromatic heterocycles. The Bertz CT molecular complexity index is 1580. The first-order valence-corrected chi connectivity index (χ1v) is 24.0. The number of fused-ring (bicyclic) bond motifs is 2. The minimum Gasteiger partial charge on any atom is -0.459 e. The minimum absolute atomic E-state index is 0.0371. The van der Waals surface area contributed by atoms with Crippen LogP contribution in [0.1, 0.15) is 154 Å². The van der Waals surface area contributed by atoms with Crippen molar-refractivity contribution in [3.8, 4) is 11.5 Å². The number of hydrogen-bond donors (Lipinski definition) is 3. The normalized spacial score (nSPS) is 23.0. The largest absolute Gasteiger partial charge is 0.459 e. The molecule has 0 bridgehead atoms. The monoisotopic (exact) mass is 866 g/mol. The number of amides is 2. The quantitative estimate of drug-likeness (QED) is 0.0377. The predicted octanol–water partition coefficient (Wildman–Crippen LogP) is 10.8. The fourth-order valence-electron chi connectivity index (χ4n) is 9.73. The lowest BCUT2D eigenvalue weighted by Crippen LogP contribution is -2.70. The van der Waals surface area contributed by atoms with E-state index < -0.39 is 29.9 Å². The van der Waals surface area contributed by atoms with Gasteiger partial charge in [-0.2, -0.15) is 0 Å². The van der Waals surface area contributed by atoms with Gasteiger partial charge in [0.1, 0.15) is 24.1 Å². The van der Waals surface area contributed by atoms with Crippen LogP contribution in [0.25, 0.3) is 0 Å². The molecule has 1 heterocycles. The standard InChI is InChI=1S/C50H79N3O9/c1-6-11-13-14-15-16-17-18-19-22-29-51-48(56)61-39-27-28-44-42(36-39)46-40(26-21-24-32-55)38(25-20-23-31-54)35-41-43(52-60-10-5)37-45(50(62-44,47(41)46)59-33-9-4)53(30-8-3)49(57)58-34-12-7-2/h7,9,27-28,35-36,38,40,45-47,54-55H,2,4,6,8,10-26,29-34,37H2,1,3,5H3,(H,51,56)/t38-,40+,45-,46+,47+,50+/m0/s1. The number of unbranched alkanes of at least 4 members (excludes halogenated alkanes) is 11. The summed E-state index contributed by atoms with van der Waals surface area (Å²) in [6.07, 6.45) is 23.0. The molecule has 62 heavy (non-hydrogen) atoms. The first-order valence-electron chi connectivity index (χ1n) is 24.0. The molecule has 0 radical (unpaired) electrons. The van der Waals surface area contributed by atoms with Crippen LogP contribution >= 0.6 is 0 Å². The van der Waals surface area contributed by atoms with Crippen molar-refractivity contribution in [2.75, 3.05) is 46.1 Å². The summed E-state index contributed by atoms with van der Waals surface area (Å²) in [5.74, 6) is -1.000. The van der Waals surface area contributed by atoms with Gasteiger partial charge in [-0.25, -0.2) is 9.59 Å². The molecule has 12 nitrogen and oxygen atoms in total. The third-order valence-corrected chi connectivity index (χ3v) is 12.6. The lowest BCUT2D eigenvalue weighted by atomic mass is 9.55. The van der Waals surface area contributed by atoms with Crippen molar-refractivity contribution in [3.63, 3.8) is 0 Å². The molecule has 1 aliphatic heterocycles. The van der Waals surface area contributed by atoms with Gasteiger partial charge >= 0.3 is 12.2 Å². The molecule has 0 saturated heterocycles. The summed E-state index contributed by atoms with van der Waals surface area (Å²) in [6, 6.07) is 4.87. The molecule has 3 N–H and O–H groups in total. The molecule has 0 unspecified atom stereocenters. The van der Waals surface area contributed by atoms with Gasteiger partial charge in [0.25, 0.3) is 0 Å². The molecule has 3 aliphatic rings. The number of ether oxygens (including phenoxy) is 4. The maximum Gasteiger partial charge on any atom is 0.412 e. The third kappa shape index (κ3) is 14.1. The number of nitrogens with one attached hydrogen (secondary N) is 1. The number of aliphatic hydroxyl groups excluding tert-OH is 2. The number of aliphatic hydroxyl groups is 2. The van der Waals surface area contributed by atoms with E-state index in [-0.39, 0.29) is 50.6 Å². The molecule has 1 aromatic rings. The van der Waals surface area contributed by atoms with E-state index in [9.17, 15) is 19.8 Å². The van der Waals surface area contributed by atoms with Gasteiger partial charge in [-0.1, -0.05) is 108 Å². The van der Waals surface area contributed by atoms with Crippen molar-refractivity contribution < 1.29 is 43.6 Å². The van der Waals surface area contributed by atoms with Crippen molar-refractivity contribution in [1.82, 2.24) is 10.2 Å². The fraction of sp³-hybridized carbons (Fsp3) is 0.700. The SMILES string of the molecule is C=CCCOC(=O)N(CCC)[C@H]1CC(=NOCC)C2=C[C@H](CCCCO)[C@@H](CCCCO)[C@@H]3c4cc(OC(=O)NCCCCCCCCCCCC)ccc4O[C@@]1(OCC=C)[C@H]23. The van der Waals surface area contributed by atoms with Crippen molar-refractivity contribution in [1.29, 1.82) is 0 Å². The van der Waals surface area contributed by atoms with Gasteiger partial charge in [0.15, 0.2) is 0 Å². The Hall–Kier alpha value is -3.87. The van der Waals surface area contributed by atoms with Crippen LogP contribution in [-0.2, 0) is 14.3 Å². The van der Waals surface area contributed by atoms with Crippen LogP contribution in [0.2, 0.25) is 0 Å². The highest BCUT2D eigenvalue weighted by atomic mass is 16.7. The van der Waals surface area contributed by atoms with Gasteiger partial charge in [0.05, 0.1) is 24.8 Å². The second-order valence-corrected chi connectivity index (χ2v) is 17.1. The molecule has 2 amide bonds. The highest BCUT2D eigenvalue weighted by Crippen LogP contribution is 2.62. The topological polar surface area (TPSA) is 148 Å². The molecular formula is C50H79N3O9. The number of allylic oxidation sites excluding steroid dienone is 1. The number of benzene rings is 1. The average molecular weight is 866 g/mol. The second-order valence-electron chi connectivity index (χ2n) is 17.1. The smallest absolute Gasteiger partial charge is 0.412 e. The van der Waals surface area contributed by atoms with Gasteiger partial charge in [0.2, 0.25) is 5.79 Å². The number of rotatable bonds is 31. The van der Waals surface area contributed by atoms with Gasteiger partial charge in [-0.05, 0) is 87.5 Å². The third-order valence-electron chi connectivity index (χ3n) is 12.6. The first kappa shape index (κ1) is 50.8. The summed E-state index contributed by atoms with van der Waals surface area (Å²) >= 11 is 0. The van der Waals surface area contributed by atoms with Crippen LogP contribution in [0.5, 0.6) is 11.5 Å². The maximum absolute atomic E-state index is 14.1.